The molecule has 1 fully saturated rings. The Balaban J connectivity index is 1.92. The number of nitrogens with zero attached hydrogens (tertiary/aromatic N) is 3. The van der Waals surface area contributed by atoms with Crippen LogP contribution < -0.4 is 10.9 Å². The first kappa shape index (κ1) is 22.8. The number of anilines is 1. The number of hydrogen-bond acceptors (Lipinski definition) is 6. The molecule has 166 valence electrons. The molecule has 0 atom stereocenters. The zero-order valence-corrected chi connectivity index (χ0v) is 18.7. The van der Waals surface area contributed by atoms with Gasteiger partial charge in [-0.2, -0.15) is 0 Å². The highest BCUT2D eigenvalue weighted by Crippen LogP contribution is 2.29. The van der Waals surface area contributed by atoms with Gasteiger partial charge < -0.3 is 14.4 Å². The van der Waals surface area contributed by atoms with Crippen LogP contribution in [0.1, 0.15) is 19.7 Å². The molecule has 1 aliphatic rings. The van der Waals surface area contributed by atoms with E-state index in [2.05, 4.69) is 15.0 Å². The summed E-state index contributed by atoms with van der Waals surface area (Å²) >= 11 is 6.04. The number of methoxy groups -OCH3 is 1. The summed E-state index contributed by atoms with van der Waals surface area (Å²) < 4.78 is 11.4. The Morgan fingerprint density at radius 1 is 1.32 bits per heavy atom. The molecule has 9 nitrogen and oxygen atoms in total. The van der Waals surface area contributed by atoms with Gasteiger partial charge in [0.15, 0.2) is 0 Å². The van der Waals surface area contributed by atoms with E-state index in [-0.39, 0.29) is 18.0 Å². The Morgan fingerprint density at radius 2 is 2.06 bits per heavy atom. The van der Waals surface area contributed by atoms with Crippen molar-refractivity contribution in [2.75, 3.05) is 32.2 Å². The van der Waals surface area contributed by atoms with Crippen LogP contribution in [0.15, 0.2) is 29.1 Å². The lowest BCUT2D eigenvalue weighted by molar-refractivity contribution is -0.147. The van der Waals surface area contributed by atoms with Gasteiger partial charge in [0.05, 0.1) is 37.2 Å². The predicted octanol–water partition coefficient (Wildman–Crippen LogP) is 2.69. The second-order valence-electron chi connectivity index (χ2n) is 7.83. The minimum atomic E-state index is -0.674. The molecule has 1 saturated heterocycles. The number of aryl methyl sites for hydroxylation is 1. The minimum Gasteiger partial charge on any atom is -0.453 e. The Hall–Kier alpha value is -2.91. The smallest absolute Gasteiger partial charge is 0.411 e. The van der Waals surface area contributed by atoms with Gasteiger partial charge in [-0.05, 0) is 39.0 Å². The van der Waals surface area contributed by atoms with Gasteiger partial charge in [-0.15, -0.1) is 0 Å². The Labute approximate surface area is 184 Å². The molecule has 2 heterocycles. The summed E-state index contributed by atoms with van der Waals surface area (Å²) in [4.78, 5) is 43.7. The summed E-state index contributed by atoms with van der Waals surface area (Å²) in [5, 5.41) is 2.97. The van der Waals surface area contributed by atoms with Crippen molar-refractivity contribution in [1.82, 2.24) is 14.5 Å². The molecule has 0 bridgehead atoms. The molecule has 31 heavy (non-hydrogen) atoms. The van der Waals surface area contributed by atoms with Gasteiger partial charge in [0.2, 0.25) is 5.91 Å². The summed E-state index contributed by atoms with van der Waals surface area (Å²) in [5.41, 5.74) is 0.386. The summed E-state index contributed by atoms with van der Waals surface area (Å²) in [6.45, 7) is 6.78. The van der Waals surface area contributed by atoms with E-state index in [4.69, 9.17) is 16.3 Å². The van der Waals surface area contributed by atoms with Gasteiger partial charge in [0.1, 0.15) is 12.4 Å². The number of rotatable bonds is 4. The number of morpholine rings is 1. The van der Waals surface area contributed by atoms with Crippen molar-refractivity contribution in [3.8, 4) is 11.3 Å². The van der Waals surface area contributed by atoms with Gasteiger partial charge in [-0.25, -0.2) is 9.78 Å². The molecule has 0 unspecified atom stereocenters. The largest absolute Gasteiger partial charge is 0.453 e. The van der Waals surface area contributed by atoms with Crippen LogP contribution in [-0.4, -0.2) is 58.9 Å². The van der Waals surface area contributed by atoms with E-state index >= 15 is 0 Å². The number of halogens is 1. The quantitative estimate of drug-likeness (QED) is 0.771. The minimum absolute atomic E-state index is 0.116. The average molecular weight is 449 g/mol. The standard InChI is InChI=1S/C21H25ClN4O5/c1-13-23-17(15-6-5-14(22)9-16(15)24-20(29)30-4)10-18(27)25(13)11-19(28)26-7-8-31-12-21(26,2)3/h5-6,9-10H,7-8,11-12H2,1-4H3,(H,24,29). The monoisotopic (exact) mass is 448 g/mol. The van der Waals surface area contributed by atoms with Crippen LogP contribution in [-0.2, 0) is 20.8 Å². The van der Waals surface area contributed by atoms with Gasteiger partial charge >= 0.3 is 6.09 Å². The molecule has 0 saturated carbocycles. The normalized spacial score (nSPS) is 15.5. The molecular weight excluding hydrogens is 424 g/mol. The molecule has 3 rings (SSSR count). The molecule has 0 radical (unpaired) electrons. The third-order valence-electron chi connectivity index (χ3n) is 5.12. The first-order chi connectivity index (χ1) is 14.6. The number of carbonyl (C=O) groups is 2. The highest BCUT2D eigenvalue weighted by molar-refractivity contribution is 6.31. The summed E-state index contributed by atoms with van der Waals surface area (Å²) in [7, 11) is 1.25. The topological polar surface area (TPSA) is 103 Å². The number of hydrogen-bond donors (Lipinski definition) is 1. The van der Waals surface area contributed by atoms with Crippen LogP contribution in [0.3, 0.4) is 0 Å². The van der Waals surface area contributed by atoms with E-state index in [1.165, 1.54) is 17.7 Å². The molecule has 2 amide bonds. The summed E-state index contributed by atoms with van der Waals surface area (Å²) in [6.07, 6.45) is -0.674. The highest BCUT2D eigenvalue weighted by atomic mass is 35.5. The van der Waals surface area contributed by atoms with Crippen molar-refractivity contribution in [3.05, 3.63) is 45.5 Å². The fourth-order valence-corrected chi connectivity index (χ4v) is 3.67. The molecule has 1 aromatic carbocycles. The van der Waals surface area contributed by atoms with Crippen LogP contribution in [0.2, 0.25) is 5.02 Å². The lowest BCUT2D eigenvalue weighted by atomic mass is 10.0. The van der Waals surface area contributed by atoms with Gasteiger partial charge in [0.25, 0.3) is 5.56 Å². The van der Waals surface area contributed by atoms with Crippen LogP contribution in [0.4, 0.5) is 10.5 Å². The molecule has 0 spiro atoms. The maximum Gasteiger partial charge on any atom is 0.411 e. The number of amides is 2. The van der Waals surface area contributed by atoms with Crippen molar-refractivity contribution < 1.29 is 19.1 Å². The lowest BCUT2D eigenvalue weighted by Gasteiger charge is -2.42. The summed E-state index contributed by atoms with van der Waals surface area (Å²) in [5.74, 6) is 0.202. The molecule has 1 aromatic heterocycles. The van der Waals surface area contributed by atoms with Crippen molar-refractivity contribution in [1.29, 1.82) is 0 Å². The van der Waals surface area contributed by atoms with E-state index in [1.54, 1.807) is 30.0 Å². The van der Waals surface area contributed by atoms with E-state index in [0.717, 1.165) is 0 Å². The third kappa shape index (κ3) is 5.05. The third-order valence-corrected chi connectivity index (χ3v) is 5.35. The average Bonchev–Trinajstić information content (AvgIpc) is 2.70. The summed E-state index contributed by atoms with van der Waals surface area (Å²) in [6, 6.07) is 6.16. The molecule has 1 aliphatic heterocycles. The fourth-order valence-electron chi connectivity index (χ4n) is 3.50. The molecule has 0 aliphatic carbocycles. The number of ether oxygens (including phenoxy) is 2. The molecule has 1 N–H and O–H groups in total. The number of aromatic nitrogens is 2. The number of carbonyl (C=O) groups excluding carboxylic acids is 2. The first-order valence-electron chi connectivity index (χ1n) is 9.74. The van der Waals surface area contributed by atoms with E-state index in [0.29, 0.717) is 47.6 Å². The SMILES string of the molecule is COC(=O)Nc1cc(Cl)ccc1-c1cc(=O)n(CC(=O)N2CCOCC2(C)C)c(C)n1. The van der Waals surface area contributed by atoms with Crippen molar-refractivity contribution in [2.24, 2.45) is 0 Å². The number of benzene rings is 1. The van der Waals surface area contributed by atoms with E-state index < -0.39 is 11.6 Å². The zero-order chi connectivity index (χ0) is 22.8. The van der Waals surface area contributed by atoms with Crippen molar-refractivity contribution in [2.45, 2.75) is 32.9 Å². The highest BCUT2D eigenvalue weighted by Gasteiger charge is 2.34. The van der Waals surface area contributed by atoms with Crippen LogP contribution >= 0.6 is 11.6 Å². The van der Waals surface area contributed by atoms with Gasteiger partial charge in [-0.1, -0.05) is 11.6 Å². The Kier molecular flexibility index (Phi) is 6.66. The molecule has 2 aromatic rings. The lowest BCUT2D eigenvalue weighted by Crippen LogP contribution is -2.56. The van der Waals surface area contributed by atoms with Crippen molar-refractivity contribution >= 4 is 29.3 Å². The zero-order valence-electron chi connectivity index (χ0n) is 17.9. The van der Waals surface area contributed by atoms with Crippen LogP contribution in [0, 0.1) is 6.92 Å². The fraction of sp³-hybridized carbons (Fsp3) is 0.429. The molecule has 10 heteroatoms. The Morgan fingerprint density at radius 3 is 2.71 bits per heavy atom. The predicted molar refractivity (Wildman–Crippen MR) is 116 cm³/mol. The van der Waals surface area contributed by atoms with E-state index in [9.17, 15) is 14.4 Å². The maximum absolute atomic E-state index is 12.9. The maximum atomic E-state index is 12.9. The molecular formula is C21H25ClN4O5. The van der Waals surface area contributed by atoms with Crippen LogP contribution in [0.5, 0.6) is 0 Å². The van der Waals surface area contributed by atoms with Crippen LogP contribution in [0.25, 0.3) is 11.3 Å². The number of nitrogens with one attached hydrogen (secondary N) is 1. The first-order valence-corrected chi connectivity index (χ1v) is 10.1. The van der Waals surface area contributed by atoms with Gasteiger partial charge in [-0.3, -0.25) is 19.5 Å². The Bertz CT molecular complexity index is 1070. The van der Waals surface area contributed by atoms with Crippen molar-refractivity contribution in [3.63, 3.8) is 0 Å². The second kappa shape index (κ2) is 9.07. The second-order valence-corrected chi connectivity index (χ2v) is 8.27. The van der Waals surface area contributed by atoms with Gasteiger partial charge in [0, 0.05) is 23.2 Å². The van der Waals surface area contributed by atoms with E-state index in [1.807, 2.05) is 13.8 Å².